The Hall–Kier alpha value is -0.950. The molecule has 1 nitrogen and oxygen atoms in total. The fraction of sp³-hybridized carbons (Fsp3) is 0.273. The van der Waals surface area contributed by atoms with E-state index >= 15 is 0 Å². The zero-order valence-corrected chi connectivity index (χ0v) is 8.35. The molecule has 1 aromatic carbocycles. The molecular formula is C11H10ClO. The minimum absolute atomic E-state index is 0.239. The van der Waals surface area contributed by atoms with Gasteiger partial charge < -0.3 is 4.74 Å². The molecule has 0 N–H and O–H groups in total. The number of fused-ring (bicyclic) bond motifs is 1. The summed E-state index contributed by atoms with van der Waals surface area (Å²) in [5.74, 6) is 0.775. The molecule has 0 unspecified atom stereocenters. The molecule has 2 heteroatoms. The van der Waals surface area contributed by atoms with Crippen LogP contribution in [0.25, 0.3) is 6.08 Å². The highest BCUT2D eigenvalue weighted by molar-refractivity contribution is 6.30. The summed E-state index contributed by atoms with van der Waals surface area (Å²) < 4.78 is 5.67. The standard InChI is InChI=1S/C11H10ClO/c1-11(2)6-5-8-7-9(12)3-4-10(8)13-11/h3,5-7H,1-2H3. The number of halogens is 1. The van der Waals surface area contributed by atoms with Crippen LogP contribution in [0.4, 0.5) is 0 Å². The molecule has 0 aliphatic carbocycles. The zero-order valence-electron chi connectivity index (χ0n) is 7.60. The Kier molecular flexibility index (Phi) is 1.85. The molecule has 1 aliphatic heterocycles. The van der Waals surface area contributed by atoms with E-state index in [4.69, 9.17) is 16.3 Å². The van der Waals surface area contributed by atoms with Crippen molar-refractivity contribution in [1.82, 2.24) is 0 Å². The van der Waals surface area contributed by atoms with Crippen LogP contribution in [0.5, 0.6) is 5.75 Å². The van der Waals surface area contributed by atoms with Gasteiger partial charge in [0.2, 0.25) is 0 Å². The number of hydrogen-bond acceptors (Lipinski definition) is 1. The van der Waals surface area contributed by atoms with E-state index in [9.17, 15) is 0 Å². The molecule has 0 bridgehead atoms. The molecular weight excluding hydrogens is 184 g/mol. The fourth-order valence-electron chi connectivity index (χ4n) is 1.27. The first-order chi connectivity index (χ1) is 6.07. The molecule has 2 rings (SSSR count). The number of ether oxygens (including phenoxy) is 1. The maximum atomic E-state index is 5.83. The third-order valence-electron chi connectivity index (χ3n) is 1.93. The summed E-state index contributed by atoms with van der Waals surface area (Å²) in [5.41, 5.74) is 0.754. The lowest BCUT2D eigenvalue weighted by Gasteiger charge is -2.27. The molecule has 0 spiro atoms. The lowest BCUT2D eigenvalue weighted by molar-refractivity contribution is 0.158. The lowest BCUT2D eigenvalue weighted by Crippen LogP contribution is -2.27. The van der Waals surface area contributed by atoms with Crippen molar-refractivity contribution in [3.63, 3.8) is 0 Å². The van der Waals surface area contributed by atoms with Gasteiger partial charge in [0.15, 0.2) is 0 Å². The molecule has 0 amide bonds. The second-order valence-electron chi connectivity index (χ2n) is 3.64. The van der Waals surface area contributed by atoms with E-state index in [0.717, 1.165) is 11.3 Å². The highest BCUT2D eigenvalue weighted by Crippen LogP contribution is 2.31. The maximum absolute atomic E-state index is 5.83. The van der Waals surface area contributed by atoms with Gasteiger partial charge in [-0.2, -0.15) is 0 Å². The first kappa shape index (κ1) is 8.64. The summed E-state index contributed by atoms with van der Waals surface area (Å²) >= 11 is 5.83. The zero-order chi connectivity index (χ0) is 9.47. The van der Waals surface area contributed by atoms with Crippen LogP contribution >= 0.6 is 11.6 Å². The molecule has 13 heavy (non-hydrogen) atoms. The SMILES string of the molecule is CC1(C)C=Cc2cc(Cl)c[c]c2O1. The summed E-state index contributed by atoms with van der Waals surface area (Å²) in [4.78, 5) is 0. The van der Waals surface area contributed by atoms with Crippen molar-refractivity contribution in [2.75, 3.05) is 0 Å². The average molecular weight is 194 g/mol. The molecule has 0 aromatic heterocycles. The predicted molar refractivity (Wildman–Crippen MR) is 54.0 cm³/mol. The molecule has 67 valence electrons. The largest absolute Gasteiger partial charge is 0.483 e. The topological polar surface area (TPSA) is 9.23 Å². The van der Waals surface area contributed by atoms with Crippen molar-refractivity contribution in [3.05, 3.63) is 34.9 Å². The smallest absolute Gasteiger partial charge is 0.135 e. The quantitative estimate of drug-likeness (QED) is 0.614. The van der Waals surface area contributed by atoms with E-state index in [1.54, 1.807) is 6.07 Å². The summed E-state index contributed by atoms with van der Waals surface area (Å²) in [5, 5.41) is 0.687. The minimum atomic E-state index is -0.239. The van der Waals surface area contributed by atoms with Crippen LogP contribution in [0.2, 0.25) is 5.02 Å². The first-order valence-corrected chi connectivity index (χ1v) is 4.54. The Morgan fingerprint density at radius 2 is 2.23 bits per heavy atom. The van der Waals surface area contributed by atoms with E-state index < -0.39 is 0 Å². The van der Waals surface area contributed by atoms with E-state index in [2.05, 4.69) is 6.07 Å². The molecule has 1 heterocycles. The predicted octanol–water partition coefficient (Wildman–Crippen LogP) is 3.32. The third kappa shape index (κ3) is 1.70. The second-order valence-corrected chi connectivity index (χ2v) is 4.08. The van der Waals surface area contributed by atoms with Gasteiger partial charge >= 0.3 is 0 Å². The van der Waals surface area contributed by atoms with Gasteiger partial charge in [-0.25, -0.2) is 0 Å². The molecule has 1 radical (unpaired) electrons. The van der Waals surface area contributed by atoms with Crippen molar-refractivity contribution in [2.24, 2.45) is 0 Å². The summed E-state index contributed by atoms with van der Waals surface area (Å²) in [7, 11) is 0. The maximum Gasteiger partial charge on any atom is 0.135 e. The third-order valence-corrected chi connectivity index (χ3v) is 2.14. The Bertz CT molecular complexity index is 366. The van der Waals surface area contributed by atoms with Crippen LogP contribution in [-0.4, -0.2) is 5.60 Å². The van der Waals surface area contributed by atoms with Crippen molar-refractivity contribution in [3.8, 4) is 5.75 Å². The monoisotopic (exact) mass is 193 g/mol. The van der Waals surface area contributed by atoms with Gasteiger partial charge in [0.1, 0.15) is 11.4 Å². The van der Waals surface area contributed by atoms with Gasteiger partial charge in [0.25, 0.3) is 0 Å². The van der Waals surface area contributed by atoms with Crippen molar-refractivity contribution < 1.29 is 4.74 Å². The Morgan fingerprint density at radius 3 is 3.00 bits per heavy atom. The van der Waals surface area contributed by atoms with E-state index in [0.29, 0.717) is 5.02 Å². The van der Waals surface area contributed by atoms with Crippen LogP contribution in [0.3, 0.4) is 0 Å². The Balaban J connectivity index is 2.47. The summed E-state index contributed by atoms with van der Waals surface area (Å²) in [6.45, 7) is 4.02. The molecule has 0 atom stereocenters. The molecule has 1 aromatic rings. The van der Waals surface area contributed by atoms with Crippen LogP contribution in [-0.2, 0) is 0 Å². The van der Waals surface area contributed by atoms with Crippen molar-refractivity contribution in [1.29, 1.82) is 0 Å². The van der Waals surface area contributed by atoms with Gasteiger partial charge in [-0.1, -0.05) is 17.7 Å². The molecule has 1 aliphatic rings. The van der Waals surface area contributed by atoms with Gasteiger partial charge in [-0.05, 0) is 32.1 Å². The Labute approximate surface area is 83.0 Å². The van der Waals surface area contributed by atoms with Gasteiger partial charge in [0.05, 0.1) is 0 Å². The highest BCUT2D eigenvalue weighted by atomic mass is 35.5. The van der Waals surface area contributed by atoms with Gasteiger partial charge in [-0.3, -0.25) is 0 Å². The number of benzene rings is 1. The fourth-order valence-corrected chi connectivity index (χ4v) is 1.45. The van der Waals surface area contributed by atoms with Gasteiger partial charge in [0, 0.05) is 16.7 Å². The first-order valence-electron chi connectivity index (χ1n) is 4.16. The van der Waals surface area contributed by atoms with Crippen LogP contribution in [0.1, 0.15) is 19.4 Å². The van der Waals surface area contributed by atoms with E-state index in [1.165, 1.54) is 0 Å². The van der Waals surface area contributed by atoms with Gasteiger partial charge in [-0.15, -0.1) is 0 Å². The van der Waals surface area contributed by atoms with E-state index in [-0.39, 0.29) is 5.60 Å². The van der Waals surface area contributed by atoms with Crippen LogP contribution in [0, 0.1) is 6.07 Å². The molecule has 0 fully saturated rings. The van der Waals surface area contributed by atoms with E-state index in [1.807, 2.05) is 32.1 Å². The lowest BCUT2D eigenvalue weighted by atomic mass is 10.0. The Morgan fingerprint density at radius 1 is 1.46 bits per heavy atom. The molecule has 0 saturated carbocycles. The summed E-state index contributed by atoms with van der Waals surface area (Å²) in [6, 6.07) is 6.60. The van der Waals surface area contributed by atoms with Crippen LogP contribution < -0.4 is 4.74 Å². The highest BCUT2D eigenvalue weighted by Gasteiger charge is 2.21. The van der Waals surface area contributed by atoms with Crippen molar-refractivity contribution >= 4 is 17.7 Å². The summed E-state index contributed by atoms with van der Waals surface area (Å²) in [6.07, 6.45) is 4.03. The number of hydrogen-bond donors (Lipinski definition) is 0. The van der Waals surface area contributed by atoms with Crippen molar-refractivity contribution in [2.45, 2.75) is 19.4 Å². The molecule has 0 saturated heterocycles. The second kappa shape index (κ2) is 2.78. The number of rotatable bonds is 0. The van der Waals surface area contributed by atoms with Crippen LogP contribution in [0.15, 0.2) is 18.2 Å². The minimum Gasteiger partial charge on any atom is -0.483 e. The normalized spacial score (nSPS) is 17.8. The average Bonchev–Trinajstić information content (AvgIpc) is 2.05.